The van der Waals surface area contributed by atoms with Gasteiger partial charge in [-0.15, -0.1) is 5.37 Å². The average molecular weight is 608 g/mol. The molecule has 4 heterocycles. The van der Waals surface area contributed by atoms with Crippen LogP contribution in [-0.4, -0.2) is 71.2 Å². The lowest BCUT2D eigenvalue weighted by Crippen LogP contribution is -2.59. The molecular weight excluding hydrogens is 572 g/mol. The Morgan fingerprint density at radius 1 is 1.11 bits per heavy atom. The number of piperazine rings is 1. The van der Waals surface area contributed by atoms with Crippen molar-refractivity contribution in [1.82, 2.24) is 24.4 Å². The molecule has 45 heavy (non-hydrogen) atoms. The fourth-order valence-corrected chi connectivity index (χ4v) is 6.20. The molecule has 1 aliphatic rings. The number of hydrogen-bond donors (Lipinski definition) is 0. The Bertz CT molecular complexity index is 1910. The van der Waals surface area contributed by atoms with Crippen LogP contribution < -0.4 is 10.6 Å². The van der Waals surface area contributed by atoms with Crippen molar-refractivity contribution in [2.24, 2.45) is 0 Å². The van der Waals surface area contributed by atoms with E-state index in [2.05, 4.69) is 16.5 Å². The summed E-state index contributed by atoms with van der Waals surface area (Å²) in [6.45, 7) is 13.1. The lowest BCUT2D eigenvalue weighted by molar-refractivity contribution is -0.129. The van der Waals surface area contributed by atoms with Crippen molar-refractivity contribution in [3.8, 4) is 16.9 Å². The Labute approximate surface area is 263 Å². The van der Waals surface area contributed by atoms with E-state index in [0.717, 1.165) is 16.5 Å². The van der Waals surface area contributed by atoms with Gasteiger partial charge in [0.15, 0.2) is 11.5 Å². The van der Waals surface area contributed by atoms with Crippen LogP contribution in [0.5, 0.6) is 0 Å². The monoisotopic (exact) mass is 608 g/mol. The molecule has 0 unspecified atom stereocenters. The number of hydrogen-bond acceptors (Lipinski definition) is 6. The molecule has 1 aromatic carbocycles. The van der Waals surface area contributed by atoms with Crippen molar-refractivity contribution in [3.05, 3.63) is 93.5 Å². The van der Waals surface area contributed by atoms with E-state index in [0.29, 0.717) is 22.3 Å². The summed E-state index contributed by atoms with van der Waals surface area (Å²) in [6.07, 6.45) is 3.66. The second-order valence-electron chi connectivity index (χ2n) is 12.3. The largest absolute Gasteiger partial charge is 0.355 e. The summed E-state index contributed by atoms with van der Waals surface area (Å²) in [5, 5.41) is 1.37. The highest BCUT2D eigenvalue weighted by atomic mass is 19.1. The number of anilines is 1. The van der Waals surface area contributed by atoms with Crippen LogP contribution in [0.2, 0.25) is 0 Å². The van der Waals surface area contributed by atoms with E-state index >= 15 is 4.39 Å². The molecule has 0 aliphatic carbocycles. The van der Waals surface area contributed by atoms with Crippen LogP contribution in [-0.2, 0) is 4.79 Å². The van der Waals surface area contributed by atoms with Gasteiger partial charge in [0.2, 0.25) is 0 Å². The molecule has 0 radical (unpaired) electrons. The van der Waals surface area contributed by atoms with Crippen molar-refractivity contribution < 1.29 is 13.6 Å². The van der Waals surface area contributed by atoms with Crippen LogP contribution in [0.3, 0.4) is 0 Å². The zero-order valence-corrected chi connectivity index (χ0v) is 26.7. The first-order chi connectivity index (χ1) is 21.3. The number of fused-ring (bicyclic) bond motifs is 1. The summed E-state index contributed by atoms with van der Waals surface area (Å²) < 4.78 is 31.5. The number of nitrogens with zero attached hydrogens (tertiary/aromatic N) is 6. The van der Waals surface area contributed by atoms with Crippen LogP contribution in [0, 0.1) is 12.7 Å². The lowest BCUT2D eigenvalue weighted by atomic mass is 9.77. The summed E-state index contributed by atoms with van der Waals surface area (Å²) in [5.41, 5.74) is 3.17. The number of aromatic nitrogens is 4. The quantitative estimate of drug-likeness (QED) is 0.244. The maximum atomic E-state index is 16.3. The number of aryl methyl sites for hydroxylation is 1. The van der Waals surface area contributed by atoms with Gasteiger partial charge >= 0.3 is 5.69 Å². The highest BCUT2D eigenvalue weighted by molar-refractivity contribution is 6.50. The Kier molecular flexibility index (Phi) is 8.78. The minimum Gasteiger partial charge on any atom is -0.347 e. The van der Waals surface area contributed by atoms with E-state index in [1.165, 1.54) is 15.5 Å². The first kappa shape index (κ1) is 31.8. The predicted octanol–water partition coefficient (Wildman–Crippen LogP) is 3.89. The zero-order valence-electron chi connectivity index (χ0n) is 26.7. The van der Waals surface area contributed by atoms with Gasteiger partial charge in [0.05, 0.1) is 16.8 Å². The minimum absolute atomic E-state index is 0.0317. The Morgan fingerprint density at radius 2 is 1.78 bits per heavy atom. The number of carbonyl (C=O) groups is 1. The van der Waals surface area contributed by atoms with Gasteiger partial charge in [0.1, 0.15) is 33.0 Å². The second-order valence-corrected chi connectivity index (χ2v) is 12.3. The van der Waals surface area contributed by atoms with E-state index in [1.54, 1.807) is 6.20 Å². The molecule has 5 rings (SSSR count). The van der Waals surface area contributed by atoms with E-state index in [1.807, 2.05) is 91.6 Å². The smallest absolute Gasteiger partial charge is 0.347 e. The van der Waals surface area contributed by atoms with Gasteiger partial charge in [0, 0.05) is 36.9 Å². The van der Waals surface area contributed by atoms with Gasteiger partial charge in [-0.2, -0.15) is 4.98 Å². The summed E-state index contributed by atoms with van der Waals surface area (Å²) in [6, 6.07) is 9.87. The van der Waals surface area contributed by atoms with Crippen molar-refractivity contribution in [1.29, 1.82) is 0 Å². The predicted molar refractivity (Wildman–Crippen MR) is 180 cm³/mol. The molecule has 0 spiro atoms. The van der Waals surface area contributed by atoms with Gasteiger partial charge in [-0.05, 0) is 49.9 Å². The van der Waals surface area contributed by atoms with Crippen LogP contribution >= 0.6 is 0 Å². The minimum atomic E-state index is -1.03. The molecule has 1 saturated heterocycles. The molecule has 230 valence electrons. The Morgan fingerprint density at radius 3 is 2.40 bits per heavy atom. The zero-order chi connectivity index (χ0) is 32.7. The summed E-state index contributed by atoms with van der Waals surface area (Å²) in [4.78, 5) is 43.9. The van der Waals surface area contributed by atoms with E-state index in [-0.39, 0.29) is 48.3 Å². The molecule has 2 atom stereocenters. The van der Waals surface area contributed by atoms with Gasteiger partial charge in [-0.3, -0.25) is 9.78 Å². The molecule has 4 aromatic rings. The first-order valence-corrected chi connectivity index (χ1v) is 15.1. The van der Waals surface area contributed by atoms with E-state index in [9.17, 15) is 14.0 Å². The average Bonchev–Trinajstić information content (AvgIpc) is 2.96. The third-order valence-corrected chi connectivity index (χ3v) is 8.07. The summed E-state index contributed by atoms with van der Waals surface area (Å²) in [5.74, 6) is -2.16. The summed E-state index contributed by atoms with van der Waals surface area (Å²) in [7, 11) is 3.93. The number of rotatable bonds is 6. The third kappa shape index (κ3) is 5.93. The topological polar surface area (TPSA) is 84.2 Å². The molecule has 0 saturated carbocycles. The molecule has 1 aliphatic heterocycles. The molecule has 8 nitrogen and oxygen atoms in total. The fraction of sp³-hybridized carbons (Fsp3) is 0.303. The summed E-state index contributed by atoms with van der Waals surface area (Å²) >= 11 is 0. The third-order valence-electron chi connectivity index (χ3n) is 8.07. The van der Waals surface area contributed by atoms with Crippen molar-refractivity contribution in [3.63, 3.8) is 0 Å². The van der Waals surface area contributed by atoms with E-state index in [4.69, 9.17) is 4.98 Å². The Balaban J connectivity index is 1.84. The SMILES string of the molecule is BC(B)=Cc1ccccc1-c1nc2c(cc1F)c(N1[C@@H](C)CN(C(=O)C(=C)F)C[C@@H]1C)nc(=O)n2-c1c(C)ccnc1C(C)C. The Hall–Kier alpha value is -4.60. The maximum Gasteiger partial charge on any atom is 0.355 e. The standard InChI is InChI=1S/C33H36B2F2N6O2/c1-17(2)27-29(18(3)11-12-38-27)43-30-24(14-25(37)28(39-30)23-10-8-7-9-22(23)13-26(34)35)31(40-33(43)45)42-19(4)15-41(16-20(42)5)32(44)21(6)36/h7-14,17,19-20H,6,15-16,34-35H2,1-5H3/t19-,20-/m0/s1. The second kappa shape index (κ2) is 12.4. The van der Waals surface area contributed by atoms with Crippen LogP contribution in [0.4, 0.5) is 14.6 Å². The highest BCUT2D eigenvalue weighted by Gasteiger charge is 2.36. The van der Waals surface area contributed by atoms with Crippen LogP contribution in [0.25, 0.3) is 34.1 Å². The van der Waals surface area contributed by atoms with Crippen molar-refractivity contribution in [2.45, 2.75) is 52.6 Å². The van der Waals surface area contributed by atoms with Crippen molar-refractivity contribution >= 4 is 44.5 Å². The first-order valence-electron chi connectivity index (χ1n) is 15.1. The maximum absolute atomic E-state index is 16.3. The highest BCUT2D eigenvalue weighted by Crippen LogP contribution is 2.35. The number of amides is 1. The number of pyridine rings is 2. The molecular formula is C33H36B2F2N6O2. The fourth-order valence-electron chi connectivity index (χ4n) is 6.20. The van der Waals surface area contributed by atoms with Gasteiger partial charge in [-0.1, -0.05) is 50.8 Å². The normalized spacial score (nSPS) is 16.7. The molecule has 0 bridgehead atoms. The molecule has 3 aromatic heterocycles. The molecule has 1 amide bonds. The molecule has 0 N–H and O–H groups in total. The molecule has 12 heteroatoms. The van der Waals surface area contributed by atoms with Crippen LogP contribution in [0.1, 0.15) is 50.4 Å². The van der Waals surface area contributed by atoms with Gasteiger partial charge < -0.3 is 9.80 Å². The number of halogens is 2. The number of benzene rings is 1. The van der Waals surface area contributed by atoms with Crippen molar-refractivity contribution in [2.75, 3.05) is 18.0 Å². The van der Waals surface area contributed by atoms with E-state index < -0.39 is 23.2 Å². The number of carbonyl (C=O) groups excluding carboxylic acids is 1. The molecule has 1 fully saturated rings. The van der Waals surface area contributed by atoms with Crippen LogP contribution in [0.15, 0.2) is 65.2 Å². The lowest BCUT2D eigenvalue weighted by Gasteiger charge is -2.45. The van der Waals surface area contributed by atoms with Gasteiger partial charge in [0.25, 0.3) is 5.91 Å². The van der Waals surface area contributed by atoms with Gasteiger partial charge in [-0.25, -0.2) is 23.1 Å².